The predicted octanol–water partition coefficient (Wildman–Crippen LogP) is 2.44. The van der Waals surface area contributed by atoms with Crippen molar-refractivity contribution in [3.05, 3.63) is 0 Å². The first-order chi connectivity index (χ1) is 9.69. The summed E-state index contributed by atoms with van der Waals surface area (Å²) in [5.74, 6) is 0. The second-order valence-electron chi connectivity index (χ2n) is 4.01. The molecule has 0 aliphatic rings. The highest BCUT2D eigenvalue weighted by atomic mass is 32.2. The Balaban J connectivity index is 6.14. The number of sulfonamides is 1. The predicted molar refractivity (Wildman–Crippen MR) is 72.4 cm³/mol. The van der Waals surface area contributed by atoms with Crippen LogP contribution in [0.2, 0.25) is 0 Å². The fourth-order valence-corrected chi connectivity index (χ4v) is 7.16. The van der Waals surface area contributed by atoms with E-state index in [2.05, 4.69) is 0 Å². The molecule has 0 rings (SSSR count). The molecule has 0 aliphatic heterocycles. The molecule has 0 aromatic heterocycles. The molecule has 6 nitrogen and oxygen atoms in total. The van der Waals surface area contributed by atoms with Crippen LogP contribution in [0.15, 0.2) is 0 Å². The minimum absolute atomic E-state index is 0.00839. The summed E-state index contributed by atoms with van der Waals surface area (Å²) in [5, 5.41) is 0. The molecule has 0 saturated carbocycles. The summed E-state index contributed by atoms with van der Waals surface area (Å²) in [5.41, 5.74) is 0. The van der Waals surface area contributed by atoms with Crippen molar-refractivity contribution in [1.82, 2.24) is 4.75 Å². The van der Waals surface area contributed by atoms with E-state index < -0.39 is 34.6 Å². The van der Waals surface area contributed by atoms with Crippen molar-refractivity contribution >= 4 is 18.8 Å². The van der Waals surface area contributed by atoms with Crippen LogP contribution in [0.25, 0.3) is 0 Å². The third-order valence-corrected chi connectivity index (χ3v) is 8.70. The van der Waals surface area contributed by atoms with E-state index in [4.69, 9.17) is 13.3 Å². The van der Waals surface area contributed by atoms with Crippen molar-refractivity contribution in [2.45, 2.75) is 45.2 Å². The average Bonchev–Trinajstić information content (AvgIpc) is 2.39. The summed E-state index contributed by atoms with van der Waals surface area (Å²) in [7, 11) is -10.1. The minimum atomic E-state index is -5.60. The van der Waals surface area contributed by atoms with Crippen LogP contribution < -0.4 is 0 Å². The Hall–Kier alpha value is -0.203. The Bertz CT molecular complexity index is 394. The quantitative estimate of drug-likeness (QED) is 0.422. The van der Waals surface area contributed by atoms with Crippen LogP contribution in [0.1, 0.15) is 40.5 Å². The monoisotopic (exact) mass is 353 g/mol. The number of nitrogens with zero attached hydrogens (tertiary/aromatic N) is 1. The van der Waals surface area contributed by atoms with Gasteiger partial charge in [-0.3, -0.25) is 0 Å². The fraction of sp³-hybridized carbons (Fsp3) is 1.00. The first kappa shape index (κ1) is 20.8. The Morgan fingerprint density at radius 3 is 1.62 bits per heavy atom. The highest BCUT2D eigenvalue weighted by Crippen LogP contribution is 2.40. The van der Waals surface area contributed by atoms with E-state index in [1.165, 1.54) is 27.7 Å². The molecular weight excluding hydrogens is 331 g/mol. The number of hydrogen-bond donors (Lipinski definition) is 0. The summed E-state index contributed by atoms with van der Waals surface area (Å²) in [4.78, 5) is 0. The molecule has 0 aromatic rings. The van der Waals surface area contributed by atoms with Crippen molar-refractivity contribution in [3.8, 4) is 0 Å². The maximum Gasteiger partial charge on any atom is 0.558 e. The van der Waals surface area contributed by atoms with Crippen molar-refractivity contribution < 1.29 is 35.0 Å². The third kappa shape index (κ3) is 3.96. The zero-order valence-corrected chi connectivity index (χ0v) is 14.4. The van der Waals surface area contributed by atoms with E-state index in [1.807, 2.05) is 0 Å². The van der Waals surface area contributed by atoms with Crippen molar-refractivity contribution in [1.29, 1.82) is 0 Å². The van der Waals surface area contributed by atoms with Gasteiger partial charge in [-0.1, -0.05) is 22.3 Å². The molecule has 0 aliphatic carbocycles. The molecule has 0 fully saturated rings. The van der Waals surface area contributed by atoms with E-state index in [9.17, 15) is 17.4 Å². The smallest absolute Gasteiger partial charge is 0.371 e. The Kier molecular flexibility index (Phi) is 8.35. The molecule has 21 heavy (non-hydrogen) atoms. The molecule has 0 aromatic carbocycles. The van der Waals surface area contributed by atoms with Crippen molar-refractivity contribution in [3.63, 3.8) is 0 Å². The summed E-state index contributed by atoms with van der Waals surface area (Å²) >= 11 is 0. The van der Waals surface area contributed by atoms with Gasteiger partial charge >= 0.3 is 18.8 Å². The minimum Gasteiger partial charge on any atom is -0.371 e. The normalized spacial score (nSPS) is 16.2. The zero-order chi connectivity index (χ0) is 16.7. The molecule has 0 radical (unpaired) electrons. The molecule has 0 heterocycles. The zero-order valence-electron chi connectivity index (χ0n) is 12.6. The number of rotatable bonds is 11. The van der Waals surface area contributed by atoms with Gasteiger partial charge in [0.05, 0.1) is 0 Å². The molecule has 128 valence electrons. The van der Waals surface area contributed by atoms with Crippen LogP contribution in [-0.4, -0.2) is 46.4 Å². The molecule has 11 heteroatoms. The van der Waals surface area contributed by atoms with Crippen LogP contribution in [-0.2, 0) is 23.3 Å². The lowest BCUT2D eigenvalue weighted by molar-refractivity contribution is -0.0629. The molecule has 1 atom stereocenters. The third-order valence-electron chi connectivity index (χ3n) is 2.62. The molecule has 0 saturated heterocycles. The van der Waals surface area contributed by atoms with Gasteiger partial charge in [-0.25, -0.2) is 12.8 Å². The average molecular weight is 353 g/mol. The molecule has 1 unspecified atom stereocenters. The highest BCUT2D eigenvalue weighted by Gasteiger charge is 2.72. The molecule has 0 amide bonds. The summed E-state index contributed by atoms with van der Waals surface area (Å²) in [6, 6.07) is 0. The SMILES string of the molecule is CCCC(F)([Si](OCC)(OCC)OCC)S(=O)(=O)N(F)F. The van der Waals surface area contributed by atoms with Gasteiger partial charge in [-0.15, -0.1) is 0 Å². The van der Waals surface area contributed by atoms with Gasteiger partial charge in [0.1, 0.15) is 4.75 Å². The summed E-state index contributed by atoms with van der Waals surface area (Å²) in [6.45, 7) is 5.50. The van der Waals surface area contributed by atoms with Crippen LogP contribution in [0, 0.1) is 0 Å². The maximum atomic E-state index is 15.3. The van der Waals surface area contributed by atoms with Gasteiger partial charge in [0.2, 0.25) is 0 Å². The molecular formula is C10H22F3NO5SSi. The Morgan fingerprint density at radius 2 is 1.38 bits per heavy atom. The van der Waals surface area contributed by atoms with Gasteiger partial charge in [-0.2, -0.15) is 0 Å². The standard InChI is InChI=1S/C10H22F3NO5SSi/c1-5-9-10(11,20(15,16)14(12)13)21(17-6-2,18-7-3)19-8-4/h5-9H2,1-4H3. The largest absolute Gasteiger partial charge is 0.558 e. The van der Waals surface area contributed by atoms with Gasteiger partial charge in [0.15, 0.2) is 0 Å². The Morgan fingerprint density at radius 1 is 1.00 bits per heavy atom. The first-order valence-corrected chi connectivity index (χ1v) is 9.82. The topological polar surface area (TPSA) is 65.1 Å². The lowest BCUT2D eigenvalue weighted by Crippen LogP contribution is -2.67. The number of hydrogen-bond acceptors (Lipinski definition) is 5. The number of halogens is 3. The highest BCUT2D eigenvalue weighted by molar-refractivity contribution is 7.91. The second-order valence-corrected chi connectivity index (χ2v) is 9.02. The van der Waals surface area contributed by atoms with E-state index in [0.717, 1.165) is 0 Å². The summed E-state index contributed by atoms with van der Waals surface area (Å²) < 4.78 is 74.2. The molecule has 0 bridgehead atoms. The Labute approximate surface area is 124 Å². The lowest BCUT2D eigenvalue weighted by atomic mass is 10.4. The van der Waals surface area contributed by atoms with Gasteiger partial charge < -0.3 is 13.3 Å². The van der Waals surface area contributed by atoms with Crippen LogP contribution >= 0.6 is 0 Å². The van der Waals surface area contributed by atoms with Gasteiger partial charge in [0, 0.05) is 26.2 Å². The van der Waals surface area contributed by atoms with Crippen LogP contribution in [0.4, 0.5) is 13.4 Å². The van der Waals surface area contributed by atoms with Gasteiger partial charge in [-0.05, 0) is 20.8 Å². The van der Waals surface area contributed by atoms with E-state index in [-0.39, 0.29) is 26.2 Å². The van der Waals surface area contributed by atoms with E-state index in [1.54, 1.807) is 0 Å². The molecule has 0 N–H and O–H groups in total. The van der Waals surface area contributed by atoms with Crippen molar-refractivity contribution in [2.75, 3.05) is 19.8 Å². The van der Waals surface area contributed by atoms with Crippen LogP contribution in [0.5, 0.6) is 0 Å². The lowest BCUT2D eigenvalue weighted by Gasteiger charge is -2.38. The first-order valence-electron chi connectivity index (χ1n) is 6.66. The summed E-state index contributed by atoms with van der Waals surface area (Å²) in [6.07, 6.45) is -0.725. The van der Waals surface area contributed by atoms with Crippen LogP contribution in [0.3, 0.4) is 0 Å². The number of alkyl halides is 1. The molecule has 0 spiro atoms. The maximum absolute atomic E-state index is 15.3. The fourth-order valence-electron chi connectivity index (χ4n) is 1.89. The van der Waals surface area contributed by atoms with E-state index in [0.29, 0.717) is 0 Å². The van der Waals surface area contributed by atoms with Crippen molar-refractivity contribution in [2.24, 2.45) is 0 Å². The second kappa shape index (κ2) is 8.43. The van der Waals surface area contributed by atoms with E-state index >= 15 is 4.39 Å². The van der Waals surface area contributed by atoms with Gasteiger partial charge in [0.25, 0.3) is 4.62 Å².